The Morgan fingerprint density at radius 2 is 1.48 bits per heavy atom. The maximum absolute atomic E-state index is 14.1. The normalized spacial score (nSPS) is 43.3. The van der Waals surface area contributed by atoms with Crippen LogP contribution in [-0.4, -0.2) is 139 Å². The molecule has 0 spiro atoms. The molecule has 0 radical (unpaired) electrons. The van der Waals surface area contributed by atoms with Crippen molar-refractivity contribution in [3.05, 3.63) is 23.8 Å². The third kappa shape index (κ3) is 12.5. The number of allylic oxidation sites excluding steroid dienone is 3. The number of rotatable bonds is 9. The van der Waals surface area contributed by atoms with Gasteiger partial charge in [-0.2, -0.15) is 0 Å². The monoisotopic (exact) mass is 822 g/mol. The van der Waals surface area contributed by atoms with E-state index in [1.54, 1.807) is 20.3 Å². The molecule has 2 bridgehead atoms. The first-order valence-electron chi connectivity index (χ1n) is 21.6. The third-order valence-corrected chi connectivity index (χ3v) is 13.3. The Bertz CT molecular complexity index is 1390. The molecular weight excluding hydrogens is 746 g/mol. The summed E-state index contributed by atoms with van der Waals surface area (Å²) in [5, 5.41) is 0. The highest BCUT2D eigenvalue weighted by Crippen LogP contribution is 2.39. The highest BCUT2D eigenvalue weighted by Gasteiger charge is 2.46. The van der Waals surface area contributed by atoms with Crippen molar-refractivity contribution in [1.82, 2.24) is 4.90 Å². The summed E-state index contributed by atoms with van der Waals surface area (Å²) in [4.78, 5) is 43.2. The molecule has 13 nitrogen and oxygen atoms in total. The molecule has 58 heavy (non-hydrogen) atoms. The number of methoxy groups -OCH3 is 2. The van der Waals surface area contributed by atoms with Crippen molar-refractivity contribution >= 4 is 17.5 Å². The summed E-state index contributed by atoms with van der Waals surface area (Å²) < 4.78 is 56.6. The summed E-state index contributed by atoms with van der Waals surface area (Å²) in [5.74, 6) is -1.67. The minimum absolute atomic E-state index is 0.0126. The Morgan fingerprint density at radius 1 is 0.810 bits per heavy atom. The Morgan fingerprint density at radius 3 is 2.14 bits per heavy atom. The summed E-state index contributed by atoms with van der Waals surface area (Å²) in [5.41, 5.74) is 0.827. The number of cyclic esters (lactones) is 1. The number of carbonyl (C=O) groups is 3. The van der Waals surface area contributed by atoms with Gasteiger partial charge in [0, 0.05) is 56.5 Å². The van der Waals surface area contributed by atoms with Gasteiger partial charge in [-0.25, -0.2) is 0 Å². The summed E-state index contributed by atoms with van der Waals surface area (Å²) in [6.07, 6.45) is 2.82. The number of esters is 1. The Hall–Kier alpha value is -2.07. The second-order valence-corrected chi connectivity index (χ2v) is 17.7. The fraction of sp³-hybridized carbons (Fsp3) is 0.844. The zero-order valence-corrected chi connectivity index (χ0v) is 37.6. The summed E-state index contributed by atoms with van der Waals surface area (Å²) >= 11 is 0. The molecule has 4 rings (SSSR count). The van der Waals surface area contributed by atoms with E-state index in [0.29, 0.717) is 25.9 Å². The van der Waals surface area contributed by atoms with E-state index in [1.165, 1.54) is 0 Å². The van der Waals surface area contributed by atoms with Crippen LogP contribution in [0.2, 0.25) is 0 Å². The number of nitrogens with zero attached hydrogens (tertiary/aromatic N) is 1. The highest BCUT2D eigenvalue weighted by atomic mass is 16.7. The fourth-order valence-electron chi connectivity index (χ4n) is 9.51. The highest BCUT2D eigenvalue weighted by molar-refractivity contribution is 5.91. The lowest BCUT2D eigenvalue weighted by atomic mass is 9.79. The molecule has 332 valence electrons. The predicted octanol–water partition coefficient (Wildman–Crippen LogP) is 5.81. The Labute approximate surface area is 348 Å². The van der Waals surface area contributed by atoms with Crippen molar-refractivity contribution in [2.45, 2.75) is 149 Å². The quantitative estimate of drug-likeness (QED) is 0.259. The van der Waals surface area contributed by atoms with Crippen LogP contribution in [0.4, 0.5) is 0 Å². The number of hydrogen-bond acceptors (Lipinski definition) is 13. The molecule has 4 aliphatic rings. The van der Waals surface area contributed by atoms with E-state index in [1.807, 2.05) is 46.8 Å². The smallest absolute Gasteiger partial charge is 0.308 e. The van der Waals surface area contributed by atoms with Crippen molar-refractivity contribution in [3.63, 3.8) is 0 Å². The van der Waals surface area contributed by atoms with Gasteiger partial charge < -0.3 is 47.5 Å². The number of fused-ring (bicyclic) bond motifs is 3. The average Bonchev–Trinajstić information content (AvgIpc) is 3.20. The van der Waals surface area contributed by atoms with Crippen LogP contribution in [0, 0.1) is 41.4 Å². The second kappa shape index (κ2) is 22.7. The van der Waals surface area contributed by atoms with E-state index in [4.69, 9.17) is 42.6 Å². The molecule has 0 aliphatic carbocycles. The molecule has 0 saturated carbocycles. The van der Waals surface area contributed by atoms with Gasteiger partial charge in [-0.05, 0) is 72.0 Å². The van der Waals surface area contributed by atoms with Crippen molar-refractivity contribution < 1.29 is 57.0 Å². The van der Waals surface area contributed by atoms with Crippen molar-refractivity contribution in [1.29, 1.82) is 0 Å². The van der Waals surface area contributed by atoms with Crippen LogP contribution in [-0.2, 0) is 57.0 Å². The van der Waals surface area contributed by atoms with Crippen LogP contribution in [0.5, 0.6) is 0 Å². The largest absolute Gasteiger partial charge is 0.462 e. The number of Topliss-reactive ketones (excluding diaryl/α,β-unsaturated/α-hetero) is 1. The van der Waals surface area contributed by atoms with Gasteiger partial charge in [-0.3, -0.25) is 14.4 Å². The molecule has 3 fully saturated rings. The predicted molar refractivity (Wildman–Crippen MR) is 219 cm³/mol. The maximum atomic E-state index is 14.1. The van der Waals surface area contributed by atoms with Gasteiger partial charge in [-0.15, -0.1) is 0 Å². The van der Waals surface area contributed by atoms with Crippen molar-refractivity contribution in [2.24, 2.45) is 41.4 Å². The van der Waals surface area contributed by atoms with E-state index >= 15 is 0 Å². The molecule has 0 aromatic heterocycles. The summed E-state index contributed by atoms with van der Waals surface area (Å²) in [7, 11) is 7.44. The van der Waals surface area contributed by atoms with Gasteiger partial charge in [0.05, 0.1) is 43.5 Å². The SMILES string of the molecule is CC[C@H]1OC(=O)C[C@H]2OCC(=O)COCCC(C[C@@H](C)C(=O)/C=C/C(C)=C/[C@@H]1CO[C@@H]1O[C@H](C)[C@@H](C)[C@@H](OC)[C@H]1OC)[C@H](O[C@@H]1O[C@H](C)[C@@H](C)[C@H](N(C)C)[C@H]1C)[C@H]2C. The molecule has 0 amide bonds. The van der Waals surface area contributed by atoms with Gasteiger partial charge in [0.1, 0.15) is 25.4 Å². The zero-order chi connectivity index (χ0) is 42.8. The van der Waals surface area contributed by atoms with Crippen LogP contribution in [0.25, 0.3) is 0 Å². The fourth-order valence-corrected chi connectivity index (χ4v) is 9.51. The number of carbonyl (C=O) groups excluding carboxylic acids is 3. The van der Waals surface area contributed by atoms with Crippen LogP contribution in [0.1, 0.15) is 88.0 Å². The maximum Gasteiger partial charge on any atom is 0.308 e. The summed E-state index contributed by atoms with van der Waals surface area (Å²) in [6.45, 7) is 18.4. The minimum atomic E-state index is -0.738. The first-order chi connectivity index (χ1) is 27.5. The zero-order valence-electron chi connectivity index (χ0n) is 37.6. The molecule has 17 atom stereocenters. The standard InChI is InChI=1S/C45H75NO12/c1-14-37-34(22-54-45-43(51-13)42(50-12)28(5)32(9)56-45)19-25(2)15-16-36(48)26(3)20-33-17-18-52-23-35(47)24-53-38(21-39(49)57-37)29(6)41(33)58-44-30(7)40(46(10)11)27(4)31(8)55-44/h15-16,19,26-34,37-38,40-45H,14,17-18,20-24H2,1-13H3/b16-15+,25-19+/t26-,27-,28-,29+,30-,31-,32-,33?,34-,37-,38-,40+,41-,42-,43-,44+,45-/m1/s1. The molecule has 4 aliphatic heterocycles. The van der Waals surface area contributed by atoms with Crippen molar-refractivity contribution in [3.8, 4) is 0 Å². The molecular formula is C45H75NO12. The van der Waals surface area contributed by atoms with Crippen LogP contribution < -0.4 is 0 Å². The Kier molecular flexibility index (Phi) is 19.0. The van der Waals surface area contributed by atoms with Gasteiger partial charge >= 0.3 is 5.97 Å². The molecule has 1 unspecified atom stereocenters. The molecule has 3 saturated heterocycles. The number of ketones is 2. The van der Waals surface area contributed by atoms with Gasteiger partial charge in [-0.1, -0.05) is 59.3 Å². The van der Waals surface area contributed by atoms with Gasteiger partial charge in [0.2, 0.25) is 0 Å². The minimum Gasteiger partial charge on any atom is -0.462 e. The average molecular weight is 822 g/mol. The lowest BCUT2D eigenvalue weighted by Crippen LogP contribution is -2.56. The summed E-state index contributed by atoms with van der Waals surface area (Å²) in [6, 6.07) is 0.196. The van der Waals surface area contributed by atoms with Crippen LogP contribution in [0.15, 0.2) is 23.8 Å². The van der Waals surface area contributed by atoms with Crippen LogP contribution in [0.3, 0.4) is 0 Å². The van der Waals surface area contributed by atoms with Gasteiger partial charge in [0.25, 0.3) is 0 Å². The lowest BCUT2D eigenvalue weighted by molar-refractivity contribution is -0.292. The molecule has 0 aromatic carbocycles. The molecule has 13 heteroatoms. The number of ether oxygens (including phenoxy) is 9. The second-order valence-electron chi connectivity index (χ2n) is 17.7. The van der Waals surface area contributed by atoms with E-state index in [9.17, 15) is 14.4 Å². The Balaban J connectivity index is 1.71. The van der Waals surface area contributed by atoms with Gasteiger partial charge in [0.15, 0.2) is 24.1 Å². The topological polar surface area (TPSA) is 138 Å². The van der Waals surface area contributed by atoms with E-state index in [-0.39, 0.29) is 91.8 Å². The molecule has 0 N–H and O–H groups in total. The third-order valence-electron chi connectivity index (χ3n) is 13.3. The van der Waals surface area contributed by atoms with Crippen molar-refractivity contribution in [2.75, 3.05) is 54.7 Å². The van der Waals surface area contributed by atoms with E-state index in [0.717, 1.165) is 5.57 Å². The molecule has 0 aromatic rings. The first kappa shape index (κ1) is 48.6. The van der Waals surface area contributed by atoms with E-state index < -0.39 is 54.8 Å². The lowest BCUT2D eigenvalue weighted by Gasteiger charge is -2.48. The first-order valence-corrected chi connectivity index (χ1v) is 21.6. The van der Waals surface area contributed by atoms with Crippen LogP contribution >= 0.6 is 0 Å². The molecule has 4 heterocycles. The number of hydrogen-bond donors (Lipinski definition) is 0. The van der Waals surface area contributed by atoms with E-state index in [2.05, 4.69) is 46.7 Å².